The van der Waals surface area contributed by atoms with Crippen molar-refractivity contribution in [3.63, 3.8) is 0 Å². The Morgan fingerprint density at radius 2 is 1.82 bits per heavy atom. The van der Waals surface area contributed by atoms with E-state index in [-0.39, 0.29) is 33.2 Å². The lowest BCUT2D eigenvalue weighted by Crippen LogP contribution is -2.51. The lowest BCUT2D eigenvalue weighted by atomic mass is 9.95. The third-order valence-corrected chi connectivity index (χ3v) is 9.23. The molecule has 7 nitrogen and oxygen atoms in total. The number of benzene rings is 2. The Morgan fingerprint density at radius 1 is 1.08 bits per heavy atom. The number of nitrogens with two attached hydrogens (primary N) is 1. The van der Waals surface area contributed by atoms with Gasteiger partial charge in [-0.25, -0.2) is 8.78 Å². The highest BCUT2D eigenvalue weighted by molar-refractivity contribution is 6.33. The molecule has 4 saturated heterocycles. The van der Waals surface area contributed by atoms with Crippen LogP contribution in [-0.4, -0.2) is 65.3 Å². The van der Waals surface area contributed by atoms with E-state index in [0.717, 1.165) is 51.6 Å². The molecular weight excluding hydrogens is 510 g/mol. The van der Waals surface area contributed by atoms with Crippen LogP contribution in [0.5, 0.6) is 6.01 Å². The number of rotatable bonds is 5. The number of ether oxygens (including phenoxy) is 1. The van der Waals surface area contributed by atoms with Gasteiger partial charge in [0.25, 0.3) is 0 Å². The van der Waals surface area contributed by atoms with Crippen LogP contribution in [0.2, 0.25) is 5.02 Å². The second kappa shape index (κ2) is 9.17. The predicted molar refractivity (Wildman–Crippen MR) is 145 cm³/mol. The monoisotopic (exact) mass is 540 g/mol. The average Bonchev–Trinajstić information content (AvgIpc) is 3.58. The first-order valence-electron chi connectivity index (χ1n) is 13.5. The number of fused-ring (bicyclic) bond motifs is 4. The molecule has 3 aromatic rings. The van der Waals surface area contributed by atoms with Crippen LogP contribution in [0, 0.1) is 11.6 Å². The first-order chi connectivity index (χ1) is 18.4. The Hall–Kier alpha value is -2.75. The largest absolute Gasteiger partial charge is 0.461 e. The van der Waals surface area contributed by atoms with E-state index >= 15 is 8.78 Å². The Bertz CT molecular complexity index is 1400. The number of hydrogen-bond acceptors (Lipinski definition) is 7. The maximum atomic E-state index is 16.3. The van der Waals surface area contributed by atoms with Crippen molar-refractivity contribution in [2.45, 2.75) is 56.1 Å². The second-order valence-corrected chi connectivity index (χ2v) is 11.7. The molecule has 4 aliphatic rings. The highest BCUT2D eigenvalue weighted by atomic mass is 35.5. The van der Waals surface area contributed by atoms with Crippen molar-refractivity contribution in [1.82, 2.24) is 20.2 Å². The SMILES string of the molecule is Nc1ccc(Cl)c(-c2c(F)cc3c(N4C[C@H]5CC[C@@H](C4)N5)nc(OCC45CCCN4CCC5)nc3c2F)c1. The molecule has 4 fully saturated rings. The number of nitrogens with one attached hydrogen (secondary N) is 1. The molecule has 1 aromatic heterocycles. The van der Waals surface area contributed by atoms with Crippen LogP contribution in [0.4, 0.5) is 20.3 Å². The highest BCUT2D eigenvalue weighted by Gasteiger charge is 2.45. The van der Waals surface area contributed by atoms with E-state index in [1.807, 2.05) is 0 Å². The zero-order chi connectivity index (χ0) is 26.0. The third kappa shape index (κ3) is 3.98. The zero-order valence-corrected chi connectivity index (χ0v) is 21.9. The molecule has 0 amide bonds. The van der Waals surface area contributed by atoms with E-state index < -0.39 is 11.6 Å². The summed E-state index contributed by atoms with van der Waals surface area (Å²) >= 11 is 6.36. The summed E-state index contributed by atoms with van der Waals surface area (Å²) in [5, 5.41) is 4.15. The number of halogens is 3. The van der Waals surface area contributed by atoms with Crippen molar-refractivity contribution in [1.29, 1.82) is 0 Å². The fourth-order valence-corrected chi connectivity index (χ4v) is 7.29. The van der Waals surface area contributed by atoms with Gasteiger partial charge in [0.15, 0.2) is 5.82 Å². The van der Waals surface area contributed by atoms with E-state index in [4.69, 9.17) is 27.1 Å². The Morgan fingerprint density at radius 3 is 2.55 bits per heavy atom. The summed E-state index contributed by atoms with van der Waals surface area (Å²) in [6.45, 7) is 4.04. The fraction of sp³-hybridized carbons (Fsp3) is 0.500. The molecular formula is C28H31ClF2N6O. The van der Waals surface area contributed by atoms with Gasteiger partial charge in [0, 0.05) is 46.8 Å². The molecule has 2 atom stereocenters. The first-order valence-corrected chi connectivity index (χ1v) is 13.9. The van der Waals surface area contributed by atoms with Gasteiger partial charge in [-0.3, -0.25) is 4.90 Å². The molecule has 0 radical (unpaired) electrons. The van der Waals surface area contributed by atoms with Gasteiger partial charge in [0.2, 0.25) is 0 Å². The number of nitrogen functional groups attached to an aromatic ring is 1. The summed E-state index contributed by atoms with van der Waals surface area (Å²) in [6, 6.07) is 6.73. The minimum atomic E-state index is -0.791. The van der Waals surface area contributed by atoms with Crippen molar-refractivity contribution >= 4 is 34.0 Å². The molecule has 5 heterocycles. The van der Waals surface area contributed by atoms with Crippen LogP contribution >= 0.6 is 11.6 Å². The summed E-state index contributed by atoms with van der Waals surface area (Å²) in [7, 11) is 0. The molecule has 38 heavy (non-hydrogen) atoms. The van der Waals surface area contributed by atoms with Gasteiger partial charge >= 0.3 is 6.01 Å². The number of piperazine rings is 1. The molecule has 2 bridgehead atoms. The van der Waals surface area contributed by atoms with Crippen molar-refractivity contribution < 1.29 is 13.5 Å². The lowest BCUT2D eigenvalue weighted by Gasteiger charge is -2.34. The van der Waals surface area contributed by atoms with Crippen LogP contribution in [0.3, 0.4) is 0 Å². The third-order valence-electron chi connectivity index (χ3n) is 8.90. The van der Waals surface area contributed by atoms with E-state index in [0.29, 0.717) is 48.7 Å². The van der Waals surface area contributed by atoms with E-state index in [1.54, 1.807) is 12.1 Å². The van der Waals surface area contributed by atoms with Crippen molar-refractivity contribution in [3.8, 4) is 17.1 Å². The maximum Gasteiger partial charge on any atom is 0.319 e. The molecule has 0 spiro atoms. The standard InChI is InChI=1S/C28H31ClF2N6O/c29-21-6-3-16(32)11-19(21)23-22(30)12-20-25(24(23)31)34-27(38-15-28-7-1-9-37(28)10-2-8-28)35-26(20)36-13-17-4-5-18(14-36)33-17/h3,6,11-12,17-18,33H,1-2,4-5,7-10,13-15,32H2/t17-,18+. The van der Waals surface area contributed by atoms with Crippen LogP contribution < -0.4 is 20.7 Å². The number of nitrogens with zero attached hydrogens (tertiary/aromatic N) is 4. The summed E-state index contributed by atoms with van der Waals surface area (Å²) in [5.74, 6) is -1.01. The van der Waals surface area contributed by atoms with Crippen LogP contribution in [0.15, 0.2) is 24.3 Å². The lowest BCUT2D eigenvalue weighted by molar-refractivity contribution is 0.108. The summed E-state index contributed by atoms with van der Waals surface area (Å²) < 4.78 is 38.1. The normalized spacial score (nSPS) is 24.3. The zero-order valence-electron chi connectivity index (χ0n) is 21.2. The van der Waals surface area contributed by atoms with Gasteiger partial charge in [-0.15, -0.1) is 0 Å². The van der Waals surface area contributed by atoms with E-state index in [9.17, 15) is 0 Å². The number of anilines is 2. The van der Waals surface area contributed by atoms with Crippen molar-refractivity contribution in [2.24, 2.45) is 0 Å². The molecule has 7 rings (SSSR count). The Balaban J connectivity index is 1.35. The predicted octanol–water partition coefficient (Wildman–Crippen LogP) is 4.76. The van der Waals surface area contributed by atoms with Gasteiger partial charge < -0.3 is 20.7 Å². The van der Waals surface area contributed by atoms with E-state index in [2.05, 4.69) is 20.1 Å². The van der Waals surface area contributed by atoms with Gasteiger partial charge in [-0.2, -0.15) is 9.97 Å². The minimum absolute atomic E-state index is 0.00573. The number of hydrogen-bond donors (Lipinski definition) is 2. The van der Waals surface area contributed by atoms with Crippen molar-refractivity contribution in [3.05, 3.63) is 40.9 Å². The first kappa shape index (κ1) is 24.3. The molecule has 0 unspecified atom stereocenters. The van der Waals surface area contributed by atoms with E-state index in [1.165, 1.54) is 12.1 Å². The Kier molecular flexibility index (Phi) is 5.87. The second-order valence-electron chi connectivity index (χ2n) is 11.3. The van der Waals surface area contributed by atoms with Crippen molar-refractivity contribution in [2.75, 3.05) is 43.4 Å². The molecule has 0 aliphatic carbocycles. The molecule has 3 N–H and O–H groups in total. The summed E-state index contributed by atoms with van der Waals surface area (Å²) in [5.41, 5.74) is 6.26. The topological polar surface area (TPSA) is 79.5 Å². The molecule has 200 valence electrons. The van der Waals surface area contributed by atoms with Crippen LogP contribution in [-0.2, 0) is 0 Å². The summed E-state index contributed by atoms with van der Waals surface area (Å²) in [6.07, 6.45) is 6.60. The molecule has 2 aromatic carbocycles. The number of aromatic nitrogens is 2. The van der Waals surface area contributed by atoms with Gasteiger partial charge in [-0.05, 0) is 75.9 Å². The van der Waals surface area contributed by atoms with Gasteiger partial charge in [-0.1, -0.05) is 11.6 Å². The average molecular weight is 541 g/mol. The quantitative estimate of drug-likeness (QED) is 0.452. The maximum absolute atomic E-state index is 16.3. The summed E-state index contributed by atoms with van der Waals surface area (Å²) in [4.78, 5) is 13.9. The fourth-order valence-electron chi connectivity index (χ4n) is 7.08. The van der Waals surface area contributed by atoms with Gasteiger partial charge in [0.05, 0.1) is 11.1 Å². The molecule has 4 aliphatic heterocycles. The molecule has 0 saturated carbocycles. The minimum Gasteiger partial charge on any atom is -0.461 e. The molecule has 10 heteroatoms. The van der Waals surface area contributed by atoms with Crippen LogP contribution in [0.1, 0.15) is 38.5 Å². The highest BCUT2D eigenvalue weighted by Crippen LogP contribution is 2.41. The van der Waals surface area contributed by atoms with Gasteiger partial charge in [0.1, 0.15) is 23.8 Å². The Labute approximate surface area is 225 Å². The van der Waals surface area contributed by atoms with Crippen LogP contribution in [0.25, 0.3) is 22.0 Å². The smallest absolute Gasteiger partial charge is 0.319 e.